The van der Waals surface area contributed by atoms with Gasteiger partial charge in [-0.3, -0.25) is 14.5 Å². The highest BCUT2D eigenvalue weighted by atomic mass is 32.1. The van der Waals surface area contributed by atoms with Crippen molar-refractivity contribution in [3.63, 3.8) is 0 Å². The zero-order valence-corrected chi connectivity index (χ0v) is 17.3. The van der Waals surface area contributed by atoms with Crippen molar-refractivity contribution in [2.45, 2.75) is 58.5 Å². The van der Waals surface area contributed by atoms with E-state index in [2.05, 4.69) is 16.8 Å². The largest absolute Gasteiger partial charge is 0.348 e. The molecule has 1 fully saturated rings. The zero-order chi connectivity index (χ0) is 20.1. The van der Waals surface area contributed by atoms with Crippen LogP contribution in [0.2, 0.25) is 0 Å². The fourth-order valence-electron chi connectivity index (χ4n) is 4.56. The van der Waals surface area contributed by atoms with Gasteiger partial charge in [-0.05, 0) is 57.0 Å². The molecule has 2 aromatic heterocycles. The monoisotopic (exact) mass is 399 g/mol. The number of aromatic nitrogens is 1. The summed E-state index contributed by atoms with van der Waals surface area (Å²) in [5, 5.41) is 4.87. The van der Waals surface area contributed by atoms with Crippen LogP contribution in [0.25, 0.3) is 0 Å². The van der Waals surface area contributed by atoms with Crippen LogP contribution < -0.4 is 5.32 Å². The number of ketones is 1. The lowest BCUT2D eigenvalue weighted by Crippen LogP contribution is -2.46. The maximum atomic E-state index is 13.3. The van der Waals surface area contributed by atoms with Crippen LogP contribution in [-0.4, -0.2) is 33.7 Å². The molecule has 3 heterocycles. The second-order valence-electron chi connectivity index (χ2n) is 7.70. The third-order valence-corrected chi connectivity index (χ3v) is 6.94. The third kappa shape index (κ3) is 2.71. The number of hydrogen-bond acceptors (Lipinski definition) is 4. The van der Waals surface area contributed by atoms with E-state index in [1.807, 2.05) is 31.4 Å². The van der Waals surface area contributed by atoms with Crippen molar-refractivity contribution in [1.82, 2.24) is 14.8 Å². The maximum Gasteiger partial charge on any atom is 0.325 e. The number of rotatable bonds is 5. The van der Waals surface area contributed by atoms with E-state index in [-0.39, 0.29) is 18.2 Å². The summed E-state index contributed by atoms with van der Waals surface area (Å²) in [4.78, 5) is 41.1. The van der Waals surface area contributed by atoms with E-state index in [1.54, 1.807) is 11.3 Å². The molecule has 0 unspecified atom stereocenters. The summed E-state index contributed by atoms with van der Waals surface area (Å²) in [5.74, 6) is -0.495. The number of Topliss-reactive ketones (excluding diaryl/α,β-unsaturated/α-hetero) is 1. The van der Waals surface area contributed by atoms with Gasteiger partial charge in [0.25, 0.3) is 5.91 Å². The highest BCUT2D eigenvalue weighted by molar-refractivity contribution is 7.10. The number of urea groups is 1. The van der Waals surface area contributed by atoms with Crippen LogP contribution in [0.5, 0.6) is 0 Å². The molecule has 0 bridgehead atoms. The zero-order valence-electron chi connectivity index (χ0n) is 16.5. The van der Waals surface area contributed by atoms with Crippen molar-refractivity contribution in [3.8, 4) is 0 Å². The highest BCUT2D eigenvalue weighted by Crippen LogP contribution is 2.42. The van der Waals surface area contributed by atoms with Crippen LogP contribution in [0.3, 0.4) is 0 Å². The molecule has 2 aromatic rings. The Bertz CT molecular complexity index is 974. The predicted molar refractivity (Wildman–Crippen MR) is 108 cm³/mol. The molecule has 6 nitrogen and oxygen atoms in total. The van der Waals surface area contributed by atoms with E-state index in [9.17, 15) is 14.4 Å². The second kappa shape index (κ2) is 6.88. The summed E-state index contributed by atoms with van der Waals surface area (Å²) in [5.41, 5.74) is 2.41. The number of thiophene rings is 1. The molecule has 1 spiro atoms. The van der Waals surface area contributed by atoms with Crippen molar-refractivity contribution in [1.29, 1.82) is 0 Å². The number of carbonyl (C=O) groups is 3. The Kier molecular flexibility index (Phi) is 4.65. The fraction of sp³-hybridized carbons (Fsp3) is 0.476. The molecule has 0 radical (unpaired) electrons. The Morgan fingerprint density at radius 3 is 2.86 bits per heavy atom. The van der Waals surface area contributed by atoms with E-state index in [0.717, 1.165) is 52.5 Å². The molecule has 1 atom stereocenters. The molecule has 148 valence electrons. The maximum absolute atomic E-state index is 13.3. The number of aryl methyl sites for hydroxylation is 2. The predicted octanol–water partition coefficient (Wildman–Crippen LogP) is 3.54. The first-order valence-electron chi connectivity index (χ1n) is 9.80. The smallest absolute Gasteiger partial charge is 0.325 e. The minimum absolute atomic E-state index is 0.197. The lowest BCUT2D eigenvalue weighted by molar-refractivity contribution is -0.131. The number of fused-ring (bicyclic) bond motifs is 2. The van der Waals surface area contributed by atoms with E-state index in [4.69, 9.17) is 0 Å². The highest BCUT2D eigenvalue weighted by Gasteiger charge is 2.54. The average molecular weight is 400 g/mol. The number of nitrogens with one attached hydrogen (secondary N) is 1. The van der Waals surface area contributed by atoms with Crippen molar-refractivity contribution in [3.05, 3.63) is 44.9 Å². The number of hydrogen-bond donors (Lipinski definition) is 1. The fourth-order valence-corrected chi connectivity index (χ4v) is 5.56. The van der Waals surface area contributed by atoms with Gasteiger partial charge in [0.15, 0.2) is 5.78 Å². The van der Waals surface area contributed by atoms with Gasteiger partial charge in [-0.25, -0.2) is 4.79 Å². The molecule has 0 saturated carbocycles. The summed E-state index contributed by atoms with van der Waals surface area (Å²) in [7, 11) is 0. The standard InChI is InChI=1S/C21H25N3O3S/c1-4-9-23-13(2)11-15(14(23)3)17(25)12-24-19(26)21(22-20(24)27)8-5-6-18-16(21)7-10-28-18/h7,10-11H,4-6,8-9,12H2,1-3H3,(H,22,27)/t21-/m0/s1. The van der Waals surface area contributed by atoms with Gasteiger partial charge in [-0.15, -0.1) is 11.3 Å². The first kappa shape index (κ1) is 18.9. The summed E-state index contributed by atoms with van der Waals surface area (Å²) in [6.45, 7) is 6.61. The minimum Gasteiger partial charge on any atom is -0.348 e. The molecular weight excluding hydrogens is 374 g/mol. The number of nitrogens with zero attached hydrogens (tertiary/aromatic N) is 2. The van der Waals surface area contributed by atoms with Gasteiger partial charge < -0.3 is 9.88 Å². The lowest BCUT2D eigenvalue weighted by Gasteiger charge is -2.31. The molecule has 28 heavy (non-hydrogen) atoms. The Morgan fingerprint density at radius 1 is 1.32 bits per heavy atom. The summed E-state index contributed by atoms with van der Waals surface area (Å²) in [6.07, 6.45) is 3.33. The van der Waals surface area contributed by atoms with Crippen LogP contribution in [0.15, 0.2) is 17.5 Å². The lowest BCUT2D eigenvalue weighted by atomic mass is 9.80. The SMILES string of the molecule is CCCn1c(C)cc(C(=O)CN2C(=O)N[C@]3(CCCc4sccc43)C2=O)c1C. The van der Waals surface area contributed by atoms with Crippen LogP contribution in [0.1, 0.15) is 58.4 Å². The molecule has 1 aliphatic carbocycles. The second-order valence-corrected chi connectivity index (χ2v) is 8.70. The Labute approximate surface area is 168 Å². The molecule has 1 N–H and O–H groups in total. The molecule has 3 amide bonds. The van der Waals surface area contributed by atoms with E-state index >= 15 is 0 Å². The van der Waals surface area contributed by atoms with E-state index in [1.165, 1.54) is 0 Å². The number of imide groups is 1. The summed E-state index contributed by atoms with van der Waals surface area (Å²) < 4.78 is 2.11. The van der Waals surface area contributed by atoms with Gasteiger partial charge in [0, 0.05) is 33.9 Å². The molecule has 0 aromatic carbocycles. The van der Waals surface area contributed by atoms with Gasteiger partial charge in [-0.1, -0.05) is 6.92 Å². The first-order valence-corrected chi connectivity index (χ1v) is 10.7. The van der Waals surface area contributed by atoms with Crippen LogP contribution in [0, 0.1) is 13.8 Å². The molecule has 2 aliphatic rings. The molecular formula is C21H25N3O3S. The van der Waals surface area contributed by atoms with Gasteiger partial charge in [0.1, 0.15) is 5.54 Å². The van der Waals surface area contributed by atoms with Crippen molar-refractivity contribution >= 4 is 29.1 Å². The molecule has 4 rings (SSSR count). The molecule has 1 aliphatic heterocycles. The van der Waals surface area contributed by atoms with Crippen molar-refractivity contribution < 1.29 is 14.4 Å². The van der Waals surface area contributed by atoms with Crippen LogP contribution in [0.4, 0.5) is 4.79 Å². The molecule has 7 heteroatoms. The number of carbonyl (C=O) groups excluding carboxylic acids is 3. The van der Waals surface area contributed by atoms with Gasteiger partial charge >= 0.3 is 6.03 Å². The quantitative estimate of drug-likeness (QED) is 0.617. The van der Waals surface area contributed by atoms with Gasteiger partial charge in [0.05, 0.1) is 6.54 Å². The Hall–Kier alpha value is -2.41. The topological polar surface area (TPSA) is 71.4 Å². The number of amides is 3. The average Bonchev–Trinajstić information content (AvgIpc) is 3.31. The Morgan fingerprint density at radius 2 is 2.11 bits per heavy atom. The first-order chi connectivity index (χ1) is 13.4. The Balaban J connectivity index is 1.60. The van der Waals surface area contributed by atoms with Crippen molar-refractivity contribution in [2.24, 2.45) is 0 Å². The van der Waals surface area contributed by atoms with Crippen molar-refractivity contribution in [2.75, 3.05) is 6.54 Å². The van der Waals surface area contributed by atoms with Gasteiger partial charge in [-0.2, -0.15) is 0 Å². The van der Waals surface area contributed by atoms with Crippen LogP contribution in [-0.2, 0) is 23.3 Å². The van der Waals surface area contributed by atoms with Gasteiger partial charge in [0.2, 0.25) is 0 Å². The van der Waals surface area contributed by atoms with Crippen LogP contribution >= 0.6 is 11.3 Å². The van der Waals surface area contributed by atoms with E-state index < -0.39 is 11.6 Å². The molecule has 1 saturated heterocycles. The normalized spacial score (nSPS) is 21.3. The van der Waals surface area contributed by atoms with E-state index in [0.29, 0.717) is 12.0 Å². The third-order valence-electron chi connectivity index (χ3n) is 5.96. The summed E-state index contributed by atoms with van der Waals surface area (Å²) in [6, 6.07) is 3.32. The minimum atomic E-state index is -0.996. The summed E-state index contributed by atoms with van der Waals surface area (Å²) >= 11 is 1.62.